The molecule has 1 fully saturated rings. The molecule has 1 N–H and O–H groups in total. The zero-order valence-electron chi connectivity index (χ0n) is 9.47. The summed E-state index contributed by atoms with van der Waals surface area (Å²) in [7, 11) is 0. The summed E-state index contributed by atoms with van der Waals surface area (Å²) in [5.41, 5.74) is -0.124. The molecule has 2 nitrogen and oxygen atoms in total. The van der Waals surface area contributed by atoms with Crippen molar-refractivity contribution in [1.82, 2.24) is 0 Å². The number of anilines is 1. The molecule has 1 heterocycles. The molecule has 1 aromatic carbocycles. The Kier molecular flexibility index (Phi) is 3.03. The van der Waals surface area contributed by atoms with Gasteiger partial charge < -0.3 is 10.1 Å². The van der Waals surface area contributed by atoms with Crippen LogP contribution in [0, 0.1) is 0 Å². The van der Waals surface area contributed by atoms with Crippen molar-refractivity contribution in [2.45, 2.75) is 25.1 Å². The van der Waals surface area contributed by atoms with Gasteiger partial charge in [0, 0.05) is 12.3 Å². The van der Waals surface area contributed by atoms with Crippen molar-refractivity contribution < 1.29 is 17.9 Å². The van der Waals surface area contributed by atoms with Gasteiger partial charge in [-0.15, -0.1) is 0 Å². The van der Waals surface area contributed by atoms with Gasteiger partial charge in [-0.3, -0.25) is 0 Å². The number of alkyl halides is 3. The van der Waals surface area contributed by atoms with Gasteiger partial charge in [-0.05, 0) is 37.6 Å². The Bertz CT molecular complexity index is 380. The minimum Gasteiger partial charge on any atom is -0.379 e. The van der Waals surface area contributed by atoms with Gasteiger partial charge in [0.15, 0.2) is 0 Å². The fourth-order valence-corrected chi connectivity index (χ4v) is 1.86. The summed E-state index contributed by atoms with van der Waals surface area (Å²) in [4.78, 5) is 0. The van der Waals surface area contributed by atoms with Crippen LogP contribution in [-0.2, 0) is 10.9 Å². The van der Waals surface area contributed by atoms with E-state index in [1.807, 2.05) is 6.92 Å². The number of rotatable bonds is 2. The molecule has 1 aliphatic rings. The maximum atomic E-state index is 12.4. The van der Waals surface area contributed by atoms with Gasteiger partial charge in [0.2, 0.25) is 0 Å². The van der Waals surface area contributed by atoms with E-state index in [9.17, 15) is 13.2 Å². The SMILES string of the molecule is CC1(Nc2ccc(C(F)(F)F)cc2)CCOC1. The molecule has 1 aromatic rings. The van der Waals surface area contributed by atoms with E-state index in [-0.39, 0.29) is 5.54 Å². The van der Waals surface area contributed by atoms with Crippen molar-refractivity contribution in [2.24, 2.45) is 0 Å². The second-order valence-corrected chi connectivity index (χ2v) is 4.56. The average Bonchev–Trinajstić information content (AvgIpc) is 2.64. The van der Waals surface area contributed by atoms with Gasteiger partial charge in [-0.1, -0.05) is 0 Å². The third kappa shape index (κ3) is 2.91. The lowest BCUT2D eigenvalue weighted by molar-refractivity contribution is -0.137. The molecular formula is C12H14F3NO. The molecule has 17 heavy (non-hydrogen) atoms. The molecule has 1 unspecified atom stereocenters. The molecular weight excluding hydrogens is 231 g/mol. The Labute approximate surface area is 97.8 Å². The van der Waals surface area contributed by atoms with Crippen molar-refractivity contribution in [3.63, 3.8) is 0 Å². The van der Waals surface area contributed by atoms with Crippen molar-refractivity contribution in [3.05, 3.63) is 29.8 Å². The van der Waals surface area contributed by atoms with E-state index in [0.29, 0.717) is 18.9 Å². The predicted molar refractivity (Wildman–Crippen MR) is 58.9 cm³/mol. The zero-order valence-corrected chi connectivity index (χ0v) is 9.47. The highest BCUT2D eigenvalue weighted by Crippen LogP contribution is 2.31. The Morgan fingerprint density at radius 2 is 1.88 bits per heavy atom. The first-order valence-corrected chi connectivity index (χ1v) is 5.42. The van der Waals surface area contributed by atoms with E-state index in [1.54, 1.807) is 0 Å². The molecule has 0 radical (unpaired) electrons. The standard InChI is InChI=1S/C12H14F3NO/c1-11(6-7-17-8-11)16-10-4-2-9(3-5-10)12(13,14)15/h2-5,16H,6-8H2,1H3. The van der Waals surface area contributed by atoms with Crippen LogP contribution < -0.4 is 5.32 Å². The quantitative estimate of drug-likeness (QED) is 0.863. The average molecular weight is 245 g/mol. The van der Waals surface area contributed by atoms with Gasteiger partial charge in [0.1, 0.15) is 0 Å². The number of benzene rings is 1. The topological polar surface area (TPSA) is 21.3 Å². The fraction of sp³-hybridized carbons (Fsp3) is 0.500. The Balaban J connectivity index is 2.08. The maximum absolute atomic E-state index is 12.4. The largest absolute Gasteiger partial charge is 0.416 e. The molecule has 1 atom stereocenters. The van der Waals surface area contributed by atoms with E-state index >= 15 is 0 Å². The highest BCUT2D eigenvalue weighted by atomic mass is 19.4. The minimum absolute atomic E-state index is 0.181. The summed E-state index contributed by atoms with van der Waals surface area (Å²) in [6.07, 6.45) is -3.42. The molecule has 0 saturated carbocycles. The molecule has 94 valence electrons. The number of hydrogen-bond donors (Lipinski definition) is 1. The molecule has 0 amide bonds. The third-order valence-electron chi connectivity index (χ3n) is 2.88. The normalized spacial score (nSPS) is 24.9. The Hall–Kier alpha value is -1.23. The molecule has 1 saturated heterocycles. The predicted octanol–water partition coefficient (Wildman–Crippen LogP) is 3.30. The molecule has 5 heteroatoms. The van der Waals surface area contributed by atoms with Gasteiger partial charge in [0.25, 0.3) is 0 Å². The molecule has 0 aliphatic carbocycles. The van der Waals surface area contributed by atoms with Crippen LogP contribution in [0.3, 0.4) is 0 Å². The molecule has 1 aliphatic heterocycles. The summed E-state index contributed by atoms with van der Waals surface area (Å²) >= 11 is 0. The van der Waals surface area contributed by atoms with Gasteiger partial charge in [-0.2, -0.15) is 13.2 Å². The van der Waals surface area contributed by atoms with Crippen molar-refractivity contribution in [2.75, 3.05) is 18.5 Å². The monoisotopic (exact) mass is 245 g/mol. The highest BCUT2D eigenvalue weighted by molar-refractivity contribution is 5.47. The van der Waals surface area contributed by atoms with Crippen LogP contribution in [0.25, 0.3) is 0 Å². The van der Waals surface area contributed by atoms with E-state index < -0.39 is 11.7 Å². The Morgan fingerprint density at radius 3 is 2.35 bits per heavy atom. The van der Waals surface area contributed by atoms with Crippen LogP contribution in [0.4, 0.5) is 18.9 Å². The summed E-state index contributed by atoms with van der Waals surface area (Å²) in [6, 6.07) is 5.07. The number of ether oxygens (including phenoxy) is 1. The van der Waals surface area contributed by atoms with Crippen LogP contribution in [0.2, 0.25) is 0 Å². The van der Waals surface area contributed by atoms with E-state index in [1.165, 1.54) is 12.1 Å². The van der Waals surface area contributed by atoms with E-state index in [0.717, 1.165) is 18.6 Å². The first-order chi connectivity index (χ1) is 7.89. The lowest BCUT2D eigenvalue weighted by atomic mass is 10.0. The van der Waals surface area contributed by atoms with Crippen LogP contribution in [-0.4, -0.2) is 18.8 Å². The number of nitrogens with one attached hydrogen (secondary N) is 1. The smallest absolute Gasteiger partial charge is 0.379 e. The molecule has 0 aromatic heterocycles. The first-order valence-electron chi connectivity index (χ1n) is 5.42. The zero-order chi connectivity index (χ0) is 12.5. The Morgan fingerprint density at radius 1 is 1.24 bits per heavy atom. The lowest BCUT2D eigenvalue weighted by Gasteiger charge is -2.25. The van der Waals surface area contributed by atoms with Crippen LogP contribution >= 0.6 is 0 Å². The number of halogens is 3. The lowest BCUT2D eigenvalue weighted by Crippen LogP contribution is -2.34. The second kappa shape index (κ2) is 4.22. The van der Waals surface area contributed by atoms with Crippen molar-refractivity contribution in [1.29, 1.82) is 0 Å². The summed E-state index contributed by atoms with van der Waals surface area (Å²) in [5, 5.41) is 3.20. The summed E-state index contributed by atoms with van der Waals surface area (Å²) < 4.78 is 42.3. The number of hydrogen-bond acceptors (Lipinski definition) is 2. The minimum atomic E-state index is -4.28. The van der Waals surface area contributed by atoms with Crippen LogP contribution in [0.15, 0.2) is 24.3 Å². The van der Waals surface area contributed by atoms with Crippen molar-refractivity contribution in [3.8, 4) is 0 Å². The van der Waals surface area contributed by atoms with Crippen molar-refractivity contribution >= 4 is 5.69 Å². The van der Waals surface area contributed by atoms with E-state index in [4.69, 9.17) is 4.74 Å². The summed E-state index contributed by atoms with van der Waals surface area (Å²) in [5.74, 6) is 0. The van der Waals surface area contributed by atoms with Crippen LogP contribution in [0.1, 0.15) is 18.9 Å². The molecule has 0 bridgehead atoms. The maximum Gasteiger partial charge on any atom is 0.416 e. The molecule has 0 spiro atoms. The van der Waals surface area contributed by atoms with Gasteiger partial charge in [-0.25, -0.2) is 0 Å². The fourth-order valence-electron chi connectivity index (χ4n) is 1.86. The van der Waals surface area contributed by atoms with Gasteiger partial charge in [0.05, 0.1) is 17.7 Å². The van der Waals surface area contributed by atoms with E-state index in [2.05, 4.69) is 5.32 Å². The van der Waals surface area contributed by atoms with Gasteiger partial charge >= 0.3 is 6.18 Å². The van der Waals surface area contributed by atoms with Crippen LogP contribution in [0.5, 0.6) is 0 Å². The first kappa shape index (κ1) is 12.2. The third-order valence-corrected chi connectivity index (χ3v) is 2.88. The second-order valence-electron chi connectivity index (χ2n) is 4.56. The molecule has 2 rings (SSSR count). The highest BCUT2D eigenvalue weighted by Gasteiger charge is 2.31. The summed E-state index contributed by atoms with van der Waals surface area (Å²) in [6.45, 7) is 3.26.